The lowest BCUT2D eigenvalue weighted by Crippen LogP contribution is -2.51. The highest BCUT2D eigenvalue weighted by Gasteiger charge is 2.42. The summed E-state index contributed by atoms with van der Waals surface area (Å²) < 4.78 is 0.435. The molecular formula is C10H11BrN2O3. The van der Waals surface area contributed by atoms with Crippen LogP contribution in [0, 0.1) is 10.1 Å². The molecule has 6 heteroatoms. The first kappa shape index (κ1) is 11.5. The molecule has 1 aromatic carbocycles. The standard InChI is InChI=1S/C10H11BrN2O3/c11-8-2-1-6(3-9(8)13(15)16)10(12)4-7(14)5-10/h1-3,7,14H,4-5,12H2. The number of halogens is 1. The van der Waals surface area contributed by atoms with Crippen LogP contribution in [0.4, 0.5) is 5.69 Å². The zero-order valence-electron chi connectivity index (χ0n) is 8.39. The van der Waals surface area contributed by atoms with E-state index in [1.54, 1.807) is 12.1 Å². The van der Waals surface area contributed by atoms with E-state index in [2.05, 4.69) is 15.9 Å². The Morgan fingerprint density at radius 3 is 2.69 bits per heavy atom. The summed E-state index contributed by atoms with van der Waals surface area (Å²) in [5, 5.41) is 20.0. The molecule has 16 heavy (non-hydrogen) atoms. The third-order valence-corrected chi connectivity index (χ3v) is 3.59. The van der Waals surface area contributed by atoms with E-state index in [1.165, 1.54) is 6.07 Å². The van der Waals surface area contributed by atoms with Crippen LogP contribution in [0.2, 0.25) is 0 Å². The predicted octanol–water partition coefficient (Wildman–Crippen LogP) is 1.67. The van der Waals surface area contributed by atoms with Gasteiger partial charge < -0.3 is 10.8 Å². The topological polar surface area (TPSA) is 89.4 Å². The van der Waals surface area contributed by atoms with Crippen molar-refractivity contribution < 1.29 is 10.0 Å². The predicted molar refractivity (Wildman–Crippen MR) is 61.9 cm³/mol. The van der Waals surface area contributed by atoms with Crippen LogP contribution < -0.4 is 5.73 Å². The minimum absolute atomic E-state index is 0.00344. The Balaban J connectivity index is 2.37. The molecule has 0 aromatic heterocycles. The monoisotopic (exact) mass is 286 g/mol. The summed E-state index contributed by atoms with van der Waals surface area (Å²) in [7, 11) is 0. The Morgan fingerprint density at radius 1 is 1.56 bits per heavy atom. The van der Waals surface area contributed by atoms with Crippen molar-refractivity contribution in [2.75, 3.05) is 0 Å². The number of nitro benzene ring substituents is 1. The summed E-state index contributed by atoms with van der Waals surface area (Å²) >= 11 is 3.12. The molecule has 0 heterocycles. The first-order chi connectivity index (χ1) is 7.42. The molecule has 0 bridgehead atoms. The van der Waals surface area contributed by atoms with Gasteiger partial charge in [-0.1, -0.05) is 6.07 Å². The molecule has 86 valence electrons. The molecule has 0 aliphatic heterocycles. The van der Waals surface area contributed by atoms with Gasteiger partial charge in [0, 0.05) is 11.6 Å². The molecule has 5 nitrogen and oxygen atoms in total. The Labute approximate surface area is 101 Å². The summed E-state index contributed by atoms with van der Waals surface area (Å²) in [6.45, 7) is 0. The summed E-state index contributed by atoms with van der Waals surface area (Å²) in [4.78, 5) is 10.3. The van der Waals surface area contributed by atoms with Gasteiger partial charge in [-0.15, -0.1) is 0 Å². The minimum atomic E-state index is -0.620. The number of hydrogen-bond donors (Lipinski definition) is 2. The third kappa shape index (κ3) is 1.83. The van der Waals surface area contributed by atoms with E-state index in [1.807, 2.05) is 0 Å². The van der Waals surface area contributed by atoms with Crippen molar-refractivity contribution in [3.63, 3.8) is 0 Å². The number of rotatable bonds is 2. The van der Waals surface area contributed by atoms with Crippen molar-refractivity contribution in [1.82, 2.24) is 0 Å². The number of nitrogens with zero attached hydrogens (tertiary/aromatic N) is 1. The lowest BCUT2D eigenvalue weighted by molar-refractivity contribution is -0.385. The SMILES string of the molecule is NC1(c2ccc(Br)c([N+](=O)[O-])c2)CC(O)C1. The molecule has 1 aliphatic rings. The highest BCUT2D eigenvalue weighted by atomic mass is 79.9. The van der Waals surface area contributed by atoms with E-state index < -0.39 is 16.6 Å². The summed E-state index contributed by atoms with van der Waals surface area (Å²) in [6.07, 6.45) is 0.505. The maximum atomic E-state index is 10.8. The fraction of sp³-hybridized carbons (Fsp3) is 0.400. The second-order valence-electron chi connectivity index (χ2n) is 4.14. The summed E-state index contributed by atoms with van der Waals surface area (Å²) in [5.74, 6) is 0. The Morgan fingerprint density at radius 2 is 2.19 bits per heavy atom. The molecule has 1 fully saturated rings. The molecular weight excluding hydrogens is 276 g/mol. The van der Waals surface area contributed by atoms with E-state index in [4.69, 9.17) is 5.73 Å². The van der Waals surface area contributed by atoms with E-state index in [-0.39, 0.29) is 5.69 Å². The van der Waals surface area contributed by atoms with Crippen molar-refractivity contribution >= 4 is 21.6 Å². The van der Waals surface area contributed by atoms with E-state index in [0.717, 1.165) is 0 Å². The van der Waals surface area contributed by atoms with Crippen LogP contribution in [0.25, 0.3) is 0 Å². The smallest absolute Gasteiger partial charge is 0.283 e. The van der Waals surface area contributed by atoms with Crippen molar-refractivity contribution in [3.05, 3.63) is 38.3 Å². The number of nitrogens with two attached hydrogens (primary N) is 1. The molecule has 0 unspecified atom stereocenters. The number of benzene rings is 1. The van der Waals surface area contributed by atoms with Gasteiger partial charge in [-0.3, -0.25) is 10.1 Å². The van der Waals surface area contributed by atoms with Gasteiger partial charge >= 0.3 is 0 Å². The molecule has 3 N–H and O–H groups in total. The fourth-order valence-corrected chi connectivity index (χ4v) is 2.37. The van der Waals surface area contributed by atoms with E-state index >= 15 is 0 Å². The van der Waals surface area contributed by atoms with Gasteiger partial charge in [-0.25, -0.2) is 0 Å². The number of hydrogen-bond acceptors (Lipinski definition) is 4. The van der Waals surface area contributed by atoms with Crippen LogP contribution >= 0.6 is 15.9 Å². The number of aliphatic hydroxyl groups is 1. The Kier molecular flexibility index (Phi) is 2.73. The number of aliphatic hydroxyl groups excluding tert-OH is 1. The highest BCUT2D eigenvalue weighted by Crippen LogP contribution is 2.41. The average molecular weight is 287 g/mol. The van der Waals surface area contributed by atoms with Crippen LogP contribution in [0.5, 0.6) is 0 Å². The number of nitro groups is 1. The van der Waals surface area contributed by atoms with Crippen LogP contribution in [-0.2, 0) is 5.54 Å². The normalized spacial score (nSPS) is 28.6. The quantitative estimate of drug-likeness (QED) is 0.639. The first-order valence-electron chi connectivity index (χ1n) is 4.84. The Hall–Kier alpha value is -0.980. The van der Waals surface area contributed by atoms with Gasteiger partial charge in [-0.2, -0.15) is 0 Å². The average Bonchev–Trinajstić information content (AvgIpc) is 2.15. The lowest BCUT2D eigenvalue weighted by Gasteiger charge is -2.42. The molecule has 1 aliphatic carbocycles. The van der Waals surface area contributed by atoms with Crippen molar-refractivity contribution in [3.8, 4) is 0 Å². The molecule has 0 saturated heterocycles. The van der Waals surface area contributed by atoms with E-state index in [9.17, 15) is 15.2 Å². The second kappa shape index (κ2) is 3.80. The first-order valence-corrected chi connectivity index (χ1v) is 5.63. The molecule has 0 spiro atoms. The van der Waals surface area contributed by atoms with Gasteiger partial charge in [0.1, 0.15) is 0 Å². The zero-order valence-corrected chi connectivity index (χ0v) is 9.98. The van der Waals surface area contributed by atoms with Crippen molar-refractivity contribution in [2.45, 2.75) is 24.5 Å². The van der Waals surface area contributed by atoms with Gasteiger partial charge in [0.05, 0.1) is 15.5 Å². The molecule has 2 rings (SSSR count). The summed E-state index contributed by atoms with van der Waals surface area (Å²) in [5.41, 5.74) is 6.12. The molecule has 0 radical (unpaired) electrons. The molecule has 1 aromatic rings. The maximum absolute atomic E-state index is 10.8. The fourth-order valence-electron chi connectivity index (χ4n) is 1.98. The summed E-state index contributed by atoms with van der Waals surface area (Å²) in [6, 6.07) is 4.84. The third-order valence-electron chi connectivity index (χ3n) is 2.92. The van der Waals surface area contributed by atoms with Crippen molar-refractivity contribution in [1.29, 1.82) is 0 Å². The Bertz CT molecular complexity index is 444. The minimum Gasteiger partial charge on any atom is -0.393 e. The van der Waals surface area contributed by atoms with Gasteiger partial charge in [0.25, 0.3) is 5.69 Å². The van der Waals surface area contributed by atoms with Gasteiger partial charge in [0.2, 0.25) is 0 Å². The van der Waals surface area contributed by atoms with Crippen LogP contribution in [0.3, 0.4) is 0 Å². The highest BCUT2D eigenvalue weighted by molar-refractivity contribution is 9.10. The van der Waals surface area contributed by atoms with Gasteiger partial charge in [0.15, 0.2) is 0 Å². The molecule has 0 atom stereocenters. The van der Waals surface area contributed by atoms with Gasteiger partial charge in [-0.05, 0) is 40.4 Å². The molecule has 0 amide bonds. The van der Waals surface area contributed by atoms with Crippen molar-refractivity contribution in [2.24, 2.45) is 5.73 Å². The van der Waals surface area contributed by atoms with E-state index in [0.29, 0.717) is 22.9 Å². The van der Waals surface area contributed by atoms with Crippen LogP contribution in [0.1, 0.15) is 18.4 Å². The maximum Gasteiger partial charge on any atom is 0.283 e. The largest absolute Gasteiger partial charge is 0.393 e. The lowest BCUT2D eigenvalue weighted by atomic mass is 9.70. The van der Waals surface area contributed by atoms with Crippen LogP contribution in [-0.4, -0.2) is 16.1 Å². The van der Waals surface area contributed by atoms with Crippen LogP contribution in [0.15, 0.2) is 22.7 Å². The second-order valence-corrected chi connectivity index (χ2v) is 5.00. The molecule has 1 saturated carbocycles. The zero-order chi connectivity index (χ0) is 11.9.